The van der Waals surface area contributed by atoms with Gasteiger partial charge in [-0.1, -0.05) is 12.1 Å². The number of carbonyl (C=O) groups is 2. The quantitative estimate of drug-likeness (QED) is 0.632. The molecule has 3 rings (SSSR count). The van der Waals surface area contributed by atoms with E-state index in [9.17, 15) is 9.59 Å². The van der Waals surface area contributed by atoms with Crippen LogP contribution in [-0.4, -0.2) is 48.6 Å². The van der Waals surface area contributed by atoms with Crippen LogP contribution in [0.4, 0.5) is 5.69 Å². The van der Waals surface area contributed by atoms with Gasteiger partial charge in [0, 0.05) is 25.4 Å². The molecule has 9 heteroatoms. The predicted molar refractivity (Wildman–Crippen MR) is 114 cm³/mol. The number of benzene rings is 1. The fourth-order valence-corrected chi connectivity index (χ4v) is 3.83. The summed E-state index contributed by atoms with van der Waals surface area (Å²) < 4.78 is 5.33. The lowest BCUT2D eigenvalue weighted by atomic mass is 9.92. The normalized spacial score (nSPS) is 21.2. The standard InChI is InChI=1S/C19H28N4O3.2ClH/c20-17(14-6-9-26-10-7-14)19(25)22-15-4-1-3-13(11-15)12-23-8-2-5-16(23)18(21)24;;/h1,3-4,11,14,16-17H,2,5-10,12,20H2,(H2,21,24)(H,22,25);2*1H. The molecule has 2 heterocycles. The van der Waals surface area contributed by atoms with E-state index < -0.39 is 6.04 Å². The predicted octanol–water partition coefficient (Wildman–Crippen LogP) is 1.67. The maximum absolute atomic E-state index is 12.5. The monoisotopic (exact) mass is 432 g/mol. The van der Waals surface area contributed by atoms with Gasteiger partial charge in [-0.05, 0) is 55.8 Å². The van der Waals surface area contributed by atoms with Crippen LogP contribution < -0.4 is 16.8 Å². The fraction of sp³-hybridized carbons (Fsp3) is 0.579. The van der Waals surface area contributed by atoms with Gasteiger partial charge in [0.25, 0.3) is 0 Å². The first kappa shape index (κ1) is 24.7. The maximum Gasteiger partial charge on any atom is 0.241 e. The van der Waals surface area contributed by atoms with Crippen molar-refractivity contribution in [2.45, 2.75) is 44.3 Å². The van der Waals surface area contributed by atoms with E-state index >= 15 is 0 Å². The van der Waals surface area contributed by atoms with Crippen LogP contribution in [0.1, 0.15) is 31.2 Å². The zero-order valence-corrected chi connectivity index (χ0v) is 17.5. The molecule has 28 heavy (non-hydrogen) atoms. The zero-order valence-electron chi connectivity index (χ0n) is 15.8. The Morgan fingerprint density at radius 2 is 1.93 bits per heavy atom. The van der Waals surface area contributed by atoms with E-state index in [0.717, 1.165) is 43.5 Å². The molecule has 0 saturated carbocycles. The number of anilines is 1. The molecule has 2 unspecified atom stereocenters. The van der Waals surface area contributed by atoms with Crippen molar-refractivity contribution < 1.29 is 14.3 Å². The Labute approximate surface area is 178 Å². The Morgan fingerprint density at radius 3 is 2.61 bits per heavy atom. The van der Waals surface area contributed by atoms with Gasteiger partial charge in [0.15, 0.2) is 0 Å². The number of nitrogens with one attached hydrogen (secondary N) is 1. The van der Waals surface area contributed by atoms with Crippen LogP contribution in [0.2, 0.25) is 0 Å². The van der Waals surface area contributed by atoms with Gasteiger partial charge in [-0.2, -0.15) is 0 Å². The second-order valence-electron chi connectivity index (χ2n) is 7.20. The van der Waals surface area contributed by atoms with Crippen LogP contribution in [0.5, 0.6) is 0 Å². The van der Waals surface area contributed by atoms with E-state index in [1.807, 2.05) is 24.3 Å². The molecule has 2 saturated heterocycles. The Balaban J connectivity index is 0.00000196. The molecule has 0 aliphatic carbocycles. The van der Waals surface area contributed by atoms with E-state index in [4.69, 9.17) is 16.2 Å². The third-order valence-electron chi connectivity index (χ3n) is 5.35. The van der Waals surface area contributed by atoms with Crippen molar-refractivity contribution in [3.8, 4) is 0 Å². The van der Waals surface area contributed by atoms with Gasteiger partial charge >= 0.3 is 0 Å². The van der Waals surface area contributed by atoms with E-state index in [2.05, 4.69) is 10.2 Å². The second-order valence-corrected chi connectivity index (χ2v) is 7.20. The van der Waals surface area contributed by atoms with Crippen LogP contribution in [0.25, 0.3) is 0 Å². The van der Waals surface area contributed by atoms with E-state index in [1.54, 1.807) is 0 Å². The Morgan fingerprint density at radius 1 is 1.21 bits per heavy atom. The van der Waals surface area contributed by atoms with Gasteiger partial charge in [-0.15, -0.1) is 24.8 Å². The summed E-state index contributed by atoms with van der Waals surface area (Å²) >= 11 is 0. The lowest BCUT2D eigenvalue weighted by Crippen LogP contribution is -2.44. The molecule has 1 aromatic rings. The molecule has 2 aliphatic heterocycles. The molecular weight excluding hydrogens is 403 g/mol. The Kier molecular flexibility index (Phi) is 10.2. The van der Waals surface area contributed by atoms with Gasteiger partial charge in [0.1, 0.15) is 0 Å². The summed E-state index contributed by atoms with van der Waals surface area (Å²) in [6.45, 7) is 2.83. The second kappa shape index (κ2) is 11.6. The van der Waals surface area contributed by atoms with Crippen molar-refractivity contribution in [2.75, 3.05) is 25.1 Å². The number of amides is 2. The van der Waals surface area contributed by atoms with Crippen molar-refractivity contribution >= 4 is 42.3 Å². The minimum atomic E-state index is -0.527. The van der Waals surface area contributed by atoms with Gasteiger partial charge in [-0.25, -0.2) is 0 Å². The van der Waals surface area contributed by atoms with Gasteiger partial charge < -0.3 is 21.5 Å². The number of ether oxygens (including phenoxy) is 1. The third-order valence-corrected chi connectivity index (χ3v) is 5.35. The molecule has 5 N–H and O–H groups in total. The highest BCUT2D eigenvalue weighted by Gasteiger charge is 2.29. The van der Waals surface area contributed by atoms with Crippen molar-refractivity contribution in [1.29, 1.82) is 0 Å². The van der Waals surface area contributed by atoms with E-state index in [1.165, 1.54) is 0 Å². The van der Waals surface area contributed by atoms with Crippen LogP contribution in [0, 0.1) is 5.92 Å². The molecule has 7 nitrogen and oxygen atoms in total. The highest BCUT2D eigenvalue weighted by atomic mass is 35.5. The number of likely N-dealkylation sites (tertiary alicyclic amines) is 1. The van der Waals surface area contributed by atoms with Crippen LogP contribution in [0.15, 0.2) is 24.3 Å². The fourth-order valence-electron chi connectivity index (χ4n) is 3.83. The number of hydrogen-bond donors (Lipinski definition) is 3. The summed E-state index contributed by atoms with van der Waals surface area (Å²) in [4.78, 5) is 26.1. The van der Waals surface area contributed by atoms with Gasteiger partial charge in [0.2, 0.25) is 11.8 Å². The van der Waals surface area contributed by atoms with E-state index in [-0.39, 0.29) is 48.6 Å². The molecule has 1 aromatic carbocycles. The minimum absolute atomic E-state index is 0. The molecule has 2 aliphatic rings. The average Bonchev–Trinajstić information content (AvgIpc) is 3.10. The number of nitrogens with two attached hydrogens (primary N) is 2. The number of hydrogen-bond acceptors (Lipinski definition) is 5. The Bertz CT molecular complexity index is 656. The highest BCUT2D eigenvalue weighted by Crippen LogP contribution is 2.22. The van der Waals surface area contributed by atoms with Crippen LogP contribution >= 0.6 is 24.8 Å². The van der Waals surface area contributed by atoms with E-state index in [0.29, 0.717) is 19.8 Å². The summed E-state index contributed by atoms with van der Waals surface area (Å²) in [5, 5.41) is 2.92. The van der Waals surface area contributed by atoms with Crippen molar-refractivity contribution in [3.63, 3.8) is 0 Å². The summed E-state index contributed by atoms with van der Waals surface area (Å²) in [5.74, 6) is -0.271. The smallest absolute Gasteiger partial charge is 0.241 e. The molecular formula is C19H30Cl2N4O3. The van der Waals surface area contributed by atoms with Gasteiger partial charge in [-0.3, -0.25) is 14.5 Å². The SMILES string of the molecule is Cl.Cl.NC(=O)C1CCCN1Cc1cccc(NC(=O)C(N)C2CCOCC2)c1. The first-order valence-electron chi connectivity index (χ1n) is 9.31. The molecule has 2 atom stereocenters. The van der Waals surface area contributed by atoms with Crippen molar-refractivity contribution in [2.24, 2.45) is 17.4 Å². The summed E-state index contributed by atoms with van der Waals surface area (Å²) in [6.07, 6.45) is 3.42. The number of primary amides is 1. The van der Waals surface area contributed by atoms with Crippen molar-refractivity contribution in [1.82, 2.24) is 4.90 Å². The molecule has 0 aromatic heterocycles. The van der Waals surface area contributed by atoms with Gasteiger partial charge in [0.05, 0.1) is 12.1 Å². The molecule has 0 spiro atoms. The third kappa shape index (κ3) is 6.32. The maximum atomic E-state index is 12.5. The first-order chi connectivity index (χ1) is 12.5. The van der Waals surface area contributed by atoms with Crippen molar-refractivity contribution in [3.05, 3.63) is 29.8 Å². The minimum Gasteiger partial charge on any atom is -0.381 e. The molecule has 2 amide bonds. The average molecular weight is 433 g/mol. The first-order valence-corrected chi connectivity index (χ1v) is 9.31. The summed E-state index contributed by atoms with van der Waals surface area (Å²) in [5.41, 5.74) is 13.4. The Hall–Kier alpha value is -1.38. The topological polar surface area (TPSA) is 111 Å². The molecule has 2 fully saturated rings. The lowest BCUT2D eigenvalue weighted by molar-refractivity contribution is -0.122. The lowest BCUT2D eigenvalue weighted by Gasteiger charge is -2.27. The number of halogens is 2. The number of rotatable bonds is 6. The van der Waals surface area contributed by atoms with Crippen LogP contribution in [0.3, 0.4) is 0 Å². The molecule has 0 radical (unpaired) electrons. The molecule has 158 valence electrons. The zero-order chi connectivity index (χ0) is 18.5. The largest absolute Gasteiger partial charge is 0.381 e. The van der Waals surface area contributed by atoms with Crippen LogP contribution in [-0.2, 0) is 20.9 Å². The highest BCUT2D eigenvalue weighted by molar-refractivity contribution is 5.95. The molecule has 0 bridgehead atoms. The number of nitrogens with zero attached hydrogens (tertiary/aromatic N) is 1. The summed E-state index contributed by atoms with van der Waals surface area (Å²) in [7, 11) is 0. The number of carbonyl (C=O) groups excluding carboxylic acids is 2. The summed E-state index contributed by atoms with van der Waals surface area (Å²) in [6, 6.07) is 6.96.